The summed E-state index contributed by atoms with van der Waals surface area (Å²) in [5.41, 5.74) is 1.92. The standard InChI is InChI=1S/C18H21NO4/c1-2-3-4-11-5-7-12(8-6-11)19-17(20)15-13-9-10-14(23-13)16(15)18(21)22/h5-10,13-16H,2-4H2,1H3,(H,19,20)(H,21,22). The number of unbranched alkanes of at least 4 members (excludes halogenated alkanes) is 1. The van der Waals surface area contributed by atoms with Crippen LogP contribution in [0.5, 0.6) is 0 Å². The fourth-order valence-corrected chi connectivity index (χ4v) is 3.28. The van der Waals surface area contributed by atoms with E-state index in [9.17, 15) is 14.7 Å². The van der Waals surface area contributed by atoms with Crippen molar-refractivity contribution in [3.05, 3.63) is 42.0 Å². The van der Waals surface area contributed by atoms with E-state index in [0.717, 1.165) is 19.3 Å². The molecule has 1 fully saturated rings. The van der Waals surface area contributed by atoms with Crippen LogP contribution in [-0.2, 0) is 20.7 Å². The number of rotatable bonds is 6. The Hall–Kier alpha value is -2.14. The van der Waals surface area contributed by atoms with Crippen LogP contribution in [-0.4, -0.2) is 29.2 Å². The quantitative estimate of drug-likeness (QED) is 0.791. The van der Waals surface area contributed by atoms with Gasteiger partial charge in [-0.2, -0.15) is 0 Å². The summed E-state index contributed by atoms with van der Waals surface area (Å²) in [5, 5.41) is 12.2. The molecule has 2 heterocycles. The lowest BCUT2D eigenvalue weighted by Crippen LogP contribution is -2.39. The smallest absolute Gasteiger partial charge is 0.310 e. The highest BCUT2D eigenvalue weighted by atomic mass is 16.5. The van der Waals surface area contributed by atoms with Crippen LogP contribution in [0.15, 0.2) is 36.4 Å². The van der Waals surface area contributed by atoms with E-state index in [1.807, 2.05) is 24.3 Å². The van der Waals surface area contributed by atoms with Crippen LogP contribution >= 0.6 is 0 Å². The molecule has 0 radical (unpaired) electrons. The van der Waals surface area contributed by atoms with Gasteiger partial charge in [0, 0.05) is 5.69 Å². The number of anilines is 1. The topological polar surface area (TPSA) is 75.6 Å². The number of carboxylic acid groups (broad SMARTS) is 1. The zero-order valence-electron chi connectivity index (χ0n) is 13.1. The summed E-state index contributed by atoms with van der Waals surface area (Å²) in [5.74, 6) is -2.77. The Balaban J connectivity index is 1.67. The van der Waals surface area contributed by atoms with E-state index in [4.69, 9.17) is 4.74 Å². The van der Waals surface area contributed by atoms with Gasteiger partial charge in [-0.15, -0.1) is 0 Å². The van der Waals surface area contributed by atoms with Crippen LogP contribution in [0.1, 0.15) is 25.3 Å². The van der Waals surface area contributed by atoms with Gasteiger partial charge in [0.25, 0.3) is 0 Å². The molecule has 1 aromatic rings. The van der Waals surface area contributed by atoms with E-state index in [1.165, 1.54) is 5.56 Å². The number of carbonyl (C=O) groups is 2. The Morgan fingerprint density at radius 1 is 1.13 bits per heavy atom. The van der Waals surface area contributed by atoms with Crippen LogP contribution in [0, 0.1) is 11.8 Å². The van der Waals surface area contributed by atoms with Crippen LogP contribution in [0.2, 0.25) is 0 Å². The largest absolute Gasteiger partial charge is 0.481 e. The minimum atomic E-state index is -0.989. The number of fused-ring (bicyclic) bond motifs is 2. The van der Waals surface area contributed by atoms with E-state index in [-0.39, 0.29) is 5.91 Å². The molecule has 2 bridgehead atoms. The zero-order valence-corrected chi connectivity index (χ0v) is 13.1. The number of ether oxygens (including phenoxy) is 1. The van der Waals surface area contributed by atoms with Crippen molar-refractivity contribution in [2.75, 3.05) is 5.32 Å². The lowest BCUT2D eigenvalue weighted by Gasteiger charge is -2.21. The molecule has 23 heavy (non-hydrogen) atoms. The fraction of sp³-hybridized carbons (Fsp3) is 0.444. The molecule has 0 aromatic heterocycles. The molecule has 3 rings (SSSR count). The third-order valence-electron chi connectivity index (χ3n) is 4.53. The van der Waals surface area contributed by atoms with Crippen molar-refractivity contribution in [1.82, 2.24) is 0 Å². The van der Waals surface area contributed by atoms with Crippen molar-refractivity contribution in [3.63, 3.8) is 0 Å². The highest BCUT2D eigenvalue weighted by Crippen LogP contribution is 2.39. The molecule has 5 heteroatoms. The molecule has 1 saturated heterocycles. The van der Waals surface area contributed by atoms with Crippen molar-refractivity contribution in [3.8, 4) is 0 Å². The molecule has 2 aliphatic rings. The third kappa shape index (κ3) is 3.15. The Kier molecular flexibility index (Phi) is 4.48. The molecule has 2 aliphatic heterocycles. The lowest BCUT2D eigenvalue weighted by atomic mass is 9.82. The van der Waals surface area contributed by atoms with Gasteiger partial charge in [-0.05, 0) is 30.5 Å². The molecule has 122 valence electrons. The van der Waals surface area contributed by atoms with Crippen LogP contribution < -0.4 is 5.32 Å². The normalized spacial score (nSPS) is 28.0. The molecule has 2 N–H and O–H groups in total. The van der Waals surface area contributed by atoms with Gasteiger partial charge in [-0.3, -0.25) is 9.59 Å². The number of hydrogen-bond donors (Lipinski definition) is 2. The first-order valence-corrected chi connectivity index (χ1v) is 8.06. The molecule has 1 aromatic carbocycles. The summed E-state index contributed by atoms with van der Waals surface area (Å²) in [7, 11) is 0. The predicted octanol–water partition coefficient (Wildman–Crippen LogP) is 2.62. The summed E-state index contributed by atoms with van der Waals surface area (Å²) in [6.45, 7) is 2.15. The van der Waals surface area contributed by atoms with Gasteiger partial charge in [0.05, 0.1) is 18.1 Å². The van der Waals surface area contributed by atoms with Crippen molar-refractivity contribution >= 4 is 17.6 Å². The fourth-order valence-electron chi connectivity index (χ4n) is 3.28. The molecule has 4 unspecified atom stereocenters. The minimum Gasteiger partial charge on any atom is -0.481 e. The van der Waals surface area contributed by atoms with E-state index < -0.39 is 30.0 Å². The highest BCUT2D eigenvalue weighted by Gasteiger charge is 2.53. The summed E-state index contributed by atoms with van der Waals surface area (Å²) < 4.78 is 5.53. The number of aryl methyl sites for hydroxylation is 1. The molecule has 0 aliphatic carbocycles. The molecular weight excluding hydrogens is 294 g/mol. The SMILES string of the molecule is CCCCc1ccc(NC(=O)C2C3C=CC(O3)C2C(=O)O)cc1. The Labute approximate surface area is 135 Å². The van der Waals surface area contributed by atoms with Crippen molar-refractivity contribution < 1.29 is 19.4 Å². The zero-order chi connectivity index (χ0) is 16.4. The predicted molar refractivity (Wildman–Crippen MR) is 86.1 cm³/mol. The Morgan fingerprint density at radius 2 is 1.78 bits per heavy atom. The van der Waals surface area contributed by atoms with Gasteiger partial charge in [-0.1, -0.05) is 37.6 Å². The second kappa shape index (κ2) is 6.54. The van der Waals surface area contributed by atoms with Crippen LogP contribution in [0.3, 0.4) is 0 Å². The van der Waals surface area contributed by atoms with Crippen LogP contribution in [0.4, 0.5) is 5.69 Å². The number of benzene rings is 1. The third-order valence-corrected chi connectivity index (χ3v) is 4.53. The molecular formula is C18H21NO4. The average Bonchev–Trinajstić information content (AvgIpc) is 3.15. The molecule has 0 saturated carbocycles. The first kappa shape index (κ1) is 15.7. The van der Waals surface area contributed by atoms with Crippen molar-refractivity contribution in [2.45, 2.75) is 38.4 Å². The van der Waals surface area contributed by atoms with Gasteiger partial charge in [0.2, 0.25) is 5.91 Å². The number of nitrogens with one attached hydrogen (secondary N) is 1. The number of hydrogen-bond acceptors (Lipinski definition) is 3. The summed E-state index contributed by atoms with van der Waals surface area (Å²) >= 11 is 0. The average molecular weight is 315 g/mol. The van der Waals surface area contributed by atoms with Gasteiger partial charge in [0.1, 0.15) is 5.92 Å². The summed E-state index contributed by atoms with van der Waals surface area (Å²) in [4.78, 5) is 23.9. The minimum absolute atomic E-state index is 0.296. The first-order chi connectivity index (χ1) is 11.1. The maximum Gasteiger partial charge on any atom is 0.310 e. The van der Waals surface area contributed by atoms with Crippen molar-refractivity contribution in [1.29, 1.82) is 0 Å². The molecule has 1 amide bonds. The van der Waals surface area contributed by atoms with Crippen molar-refractivity contribution in [2.24, 2.45) is 11.8 Å². The number of carboxylic acids is 1. The first-order valence-electron chi connectivity index (χ1n) is 8.06. The van der Waals surface area contributed by atoms with Gasteiger partial charge >= 0.3 is 5.97 Å². The maximum absolute atomic E-state index is 12.5. The van der Waals surface area contributed by atoms with Crippen LogP contribution in [0.25, 0.3) is 0 Å². The monoisotopic (exact) mass is 315 g/mol. The molecule has 5 nitrogen and oxygen atoms in total. The van der Waals surface area contributed by atoms with Gasteiger partial charge in [0.15, 0.2) is 0 Å². The number of aliphatic carboxylic acids is 1. The Bertz CT molecular complexity index is 622. The Morgan fingerprint density at radius 3 is 2.39 bits per heavy atom. The lowest BCUT2D eigenvalue weighted by molar-refractivity contribution is -0.145. The van der Waals surface area contributed by atoms with E-state index in [0.29, 0.717) is 5.69 Å². The second-order valence-electron chi connectivity index (χ2n) is 6.13. The van der Waals surface area contributed by atoms with E-state index in [1.54, 1.807) is 12.2 Å². The highest BCUT2D eigenvalue weighted by molar-refractivity contribution is 5.96. The van der Waals surface area contributed by atoms with Gasteiger partial charge < -0.3 is 15.2 Å². The number of amides is 1. The van der Waals surface area contributed by atoms with E-state index >= 15 is 0 Å². The molecule has 4 atom stereocenters. The molecule has 0 spiro atoms. The maximum atomic E-state index is 12.5. The number of carbonyl (C=O) groups excluding carboxylic acids is 1. The summed E-state index contributed by atoms with van der Waals surface area (Å²) in [6, 6.07) is 7.72. The van der Waals surface area contributed by atoms with E-state index in [2.05, 4.69) is 12.2 Å². The summed E-state index contributed by atoms with van der Waals surface area (Å²) in [6.07, 6.45) is 5.89. The van der Waals surface area contributed by atoms with Gasteiger partial charge in [-0.25, -0.2) is 0 Å². The second-order valence-corrected chi connectivity index (χ2v) is 6.13.